The molecule has 5 N–H and O–H groups in total. The summed E-state index contributed by atoms with van der Waals surface area (Å²) in [5, 5.41) is 9.12. The third kappa shape index (κ3) is 10.0. The number of nitrogens with one attached hydrogen (secondary N) is 3. The maximum absolute atomic E-state index is 15.5. The second kappa shape index (κ2) is 19.1. The van der Waals surface area contributed by atoms with Crippen molar-refractivity contribution in [1.82, 2.24) is 30.4 Å². The Morgan fingerprint density at radius 2 is 1.48 bits per heavy atom. The number of anilines is 6. The van der Waals surface area contributed by atoms with E-state index in [9.17, 15) is 19.2 Å². The van der Waals surface area contributed by atoms with Crippen LogP contribution in [0.5, 0.6) is 0 Å². The van der Waals surface area contributed by atoms with E-state index < -0.39 is 11.7 Å². The van der Waals surface area contributed by atoms with Crippen molar-refractivity contribution in [1.29, 1.82) is 0 Å². The number of para-hydroxylation sites is 1. The Labute approximate surface area is 364 Å². The number of rotatable bonds is 13. The first-order valence-corrected chi connectivity index (χ1v) is 21.2. The Morgan fingerprint density at radius 3 is 2.15 bits per heavy atom. The van der Waals surface area contributed by atoms with Gasteiger partial charge in [0.2, 0.25) is 23.7 Å². The summed E-state index contributed by atoms with van der Waals surface area (Å²) in [6, 6.07) is 28.5. The second-order valence-electron chi connectivity index (χ2n) is 15.8. The first-order chi connectivity index (χ1) is 30.1. The Bertz CT molecular complexity index is 2400. The number of likely N-dealkylation sites (tertiary alicyclic amines) is 1. The van der Waals surface area contributed by atoms with Gasteiger partial charge in [-0.25, -0.2) is 9.37 Å². The molecular weight excluding hydrogens is 811 g/mol. The Balaban J connectivity index is 0.792. The number of piperazine rings is 1. The number of hydrogen-bond acceptors (Lipinski definition) is 11. The van der Waals surface area contributed by atoms with Crippen molar-refractivity contribution in [2.45, 2.75) is 37.6 Å². The fraction of sp³-hybridized carbons (Fsp3) is 0.304. The number of carbonyl (C=O) groups excluding carboxylic acids is 4. The number of primary amides is 1. The largest absolute Gasteiger partial charge is 0.369 e. The highest BCUT2D eigenvalue weighted by molar-refractivity contribution is 6.33. The van der Waals surface area contributed by atoms with Gasteiger partial charge in [-0.2, -0.15) is 4.98 Å². The molecule has 4 amide bonds. The molecule has 62 heavy (non-hydrogen) atoms. The highest BCUT2D eigenvalue weighted by atomic mass is 35.5. The van der Waals surface area contributed by atoms with Gasteiger partial charge < -0.3 is 26.2 Å². The Kier molecular flexibility index (Phi) is 13.0. The maximum Gasteiger partial charge on any atom is 0.251 e. The summed E-state index contributed by atoms with van der Waals surface area (Å²) < 4.78 is 15.5. The van der Waals surface area contributed by atoms with Crippen LogP contribution in [-0.4, -0.2) is 102 Å². The second-order valence-corrected chi connectivity index (χ2v) is 16.2. The van der Waals surface area contributed by atoms with Crippen LogP contribution in [0.4, 0.5) is 38.9 Å². The molecule has 1 atom stereocenters. The number of imide groups is 1. The molecule has 5 aromatic rings. The van der Waals surface area contributed by atoms with Crippen molar-refractivity contribution in [3.8, 4) is 0 Å². The fourth-order valence-corrected chi connectivity index (χ4v) is 8.42. The molecule has 3 aliphatic rings. The Morgan fingerprint density at radius 1 is 0.823 bits per heavy atom. The number of carbonyl (C=O) groups is 4. The highest BCUT2D eigenvalue weighted by Gasteiger charge is 2.29. The number of amides is 4. The fourth-order valence-electron chi connectivity index (χ4n) is 8.20. The third-order valence-corrected chi connectivity index (χ3v) is 12.1. The third-order valence-electron chi connectivity index (χ3n) is 11.8. The minimum atomic E-state index is -0.698. The zero-order valence-electron chi connectivity index (χ0n) is 34.1. The van der Waals surface area contributed by atoms with Crippen molar-refractivity contribution in [2.75, 3.05) is 67.5 Å². The lowest BCUT2D eigenvalue weighted by Gasteiger charge is -2.38. The van der Waals surface area contributed by atoms with E-state index in [-0.39, 0.29) is 41.4 Å². The lowest BCUT2D eigenvalue weighted by Crippen LogP contribution is -2.50. The van der Waals surface area contributed by atoms with Crippen molar-refractivity contribution in [3.63, 3.8) is 0 Å². The summed E-state index contributed by atoms with van der Waals surface area (Å²) in [5.74, 6) is -2.05. The predicted octanol–water partition coefficient (Wildman–Crippen LogP) is 6.12. The van der Waals surface area contributed by atoms with Gasteiger partial charge in [0.05, 0.1) is 22.8 Å². The van der Waals surface area contributed by atoms with E-state index >= 15 is 4.39 Å². The number of hydrogen-bond donors (Lipinski definition) is 4. The Hall–Kier alpha value is -6.42. The molecule has 4 heterocycles. The lowest BCUT2D eigenvalue weighted by molar-refractivity contribution is -0.134. The molecule has 320 valence electrons. The van der Waals surface area contributed by atoms with Crippen molar-refractivity contribution >= 4 is 69.7 Å². The summed E-state index contributed by atoms with van der Waals surface area (Å²) in [6.45, 7) is 7.64. The van der Waals surface area contributed by atoms with Crippen LogP contribution in [0.15, 0.2) is 103 Å². The minimum absolute atomic E-state index is 0.0723. The van der Waals surface area contributed by atoms with E-state index in [2.05, 4.69) is 52.8 Å². The normalized spacial score (nSPS) is 17.6. The van der Waals surface area contributed by atoms with Crippen LogP contribution >= 0.6 is 11.6 Å². The molecule has 1 aromatic heterocycles. The average molecular weight is 859 g/mol. The van der Waals surface area contributed by atoms with Crippen molar-refractivity contribution in [2.24, 2.45) is 5.73 Å². The topological polar surface area (TPSA) is 169 Å². The molecule has 3 aliphatic heterocycles. The number of aromatic nitrogens is 2. The van der Waals surface area contributed by atoms with Gasteiger partial charge in [0.1, 0.15) is 0 Å². The molecule has 0 spiro atoms. The molecule has 16 heteroatoms. The van der Waals surface area contributed by atoms with Gasteiger partial charge >= 0.3 is 0 Å². The zero-order valence-corrected chi connectivity index (χ0v) is 34.9. The van der Waals surface area contributed by atoms with Crippen LogP contribution in [0.3, 0.4) is 0 Å². The molecular formula is C46H48ClFN10O4. The van der Waals surface area contributed by atoms with E-state index in [0.717, 1.165) is 82.6 Å². The summed E-state index contributed by atoms with van der Waals surface area (Å²) in [7, 11) is 0. The minimum Gasteiger partial charge on any atom is -0.369 e. The van der Waals surface area contributed by atoms with Crippen LogP contribution in [0.1, 0.15) is 57.9 Å². The highest BCUT2D eigenvalue weighted by Crippen LogP contribution is 2.39. The van der Waals surface area contributed by atoms with E-state index in [0.29, 0.717) is 46.1 Å². The standard InChI is InChI=1S/C46H48ClFN10O4/c47-38-3-1-2-4-40(38)58(36-15-9-31(10-16-36)42(49)60)43-39(48)29-50-46(54-43)52-33-11-5-32(6-12-33)44(61)51-34-19-21-55(22-20-34)23-24-56-25-27-57(28-26-56)35-13-7-30(8-14-35)37-17-18-41(59)53-45(37)62/h1-16,29,34,37H,17-28H2,(H2,49,60)(H,51,61)(H,50,52,54)(H,53,59,62). The van der Waals surface area contributed by atoms with E-state index in [1.807, 2.05) is 12.1 Å². The SMILES string of the molecule is NC(=O)c1ccc(N(c2ccccc2Cl)c2nc(Nc3ccc(C(=O)NC4CCN(CCN5CCN(c6ccc(C7CCC(=O)NC7=O)cc6)CC5)CC4)cc3)ncc2F)cc1. The molecule has 4 aromatic carbocycles. The molecule has 0 saturated carbocycles. The molecule has 14 nitrogen and oxygen atoms in total. The summed E-state index contributed by atoms with van der Waals surface area (Å²) in [4.78, 5) is 66.3. The zero-order chi connectivity index (χ0) is 43.2. The van der Waals surface area contributed by atoms with Crippen LogP contribution in [0, 0.1) is 5.82 Å². The van der Waals surface area contributed by atoms with Gasteiger partial charge in [-0.1, -0.05) is 35.9 Å². The average Bonchev–Trinajstić information content (AvgIpc) is 3.28. The van der Waals surface area contributed by atoms with E-state index in [4.69, 9.17) is 17.3 Å². The van der Waals surface area contributed by atoms with Gasteiger partial charge in [-0.05, 0) is 97.6 Å². The van der Waals surface area contributed by atoms with E-state index in [1.54, 1.807) is 72.8 Å². The first-order valence-electron chi connectivity index (χ1n) is 20.9. The first kappa shape index (κ1) is 42.3. The number of benzene rings is 4. The van der Waals surface area contributed by atoms with Crippen LogP contribution in [0.25, 0.3) is 0 Å². The number of nitrogens with two attached hydrogens (primary N) is 1. The summed E-state index contributed by atoms with van der Waals surface area (Å²) in [5.41, 5.74) is 9.92. The molecule has 0 aliphatic carbocycles. The van der Waals surface area contributed by atoms with Crippen LogP contribution in [0.2, 0.25) is 5.02 Å². The predicted molar refractivity (Wildman–Crippen MR) is 237 cm³/mol. The van der Waals surface area contributed by atoms with Crippen LogP contribution < -0.4 is 31.5 Å². The lowest BCUT2D eigenvalue weighted by atomic mass is 9.90. The van der Waals surface area contributed by atoms with Crippen LogP contribution in [-0.2, 0) is 9.59 Å². The summed E-state index contributed by atoms with van der Waals surface area (Å²) >= 11 is 6.56. The maximum atomic E-state index is 15.5. The smallest absolute Gasteiger partial charge is 0.251 e. The van der Waals surface area contributed by atoms with Crippen molar-refractivity contribution < 1.29 is 23.6 Å². The van der Waals surface area contributed by atoms with Gasteiger partial charge in [-0.15, -0.1) is 0 Å². The molecule has 0 radical (unpaired) electrons. The van der Waals surface area contributed by atoms with Crippen molar-refractivity contribution in [3.05, 3.63) is 131 Å². The molecule has 3 fully saturated rings. The molecule has 0 bridgehead atoms. The van der Waals surface area contributed by atoms with Gasteiger partial charge in [-0.3, -0.25) is 34.3 Å². The van der Waals surface area contributed by atoms with Gasteiger partial charge in [0.15, 0.2) is 11.6 Å². The van der Waals surface area contributed by atoms with Gasteiger partial charge in [0.25, 0.3) is 5.91 Å². The molecule has 3 saturated heterocycles. The number of nitrogens with zero attached hydrogens (tertiary/aromatic N) is 6. The quantitative estimate of drug-likeness (QED) is 0.101. The molecule has 8 rings (SSSR count). The van der Waals surface area contributed by atoms with Gasteiger partial charge in [0, 0.05) is 93.0 Å². The molecule has 1 unspecified atom stereocenters. The number of halogens is 2. The monoisotopic (exact) mass is 858 g/mol. The summed E-state index contributed by atoms with van der Waals surface area (Å²) in [6.07, 6.45) is 3.74. The van der Waals surface area contributed by atoms with E-state index in [1.165, 1.54) is 4.90 Å². The number of piperidine rings is 2.